The summed E-state index contributed by atoms with van der Waals surface area (Å²) in [6.07, 6.45) is 2.28. The Labute approximate surface area is 201 Å². The minimum atomic E-state index is -2.93. The number of carbonyl (C=O) groups is 1. The minimum Gasteiger partial charge on any atom is -0.383 e. The van der Waals surface area contributed by atoms with Gasteiger partial charge < -0.3 is 20.7 Å². The molecule has 1 saturated heterocycles. The number of nitrogens with one attached hydrogen (secondary N) is 1. The van der Waals surface area contributed by atoms with Crippen molar-refractivity contribution in [2.45, 2.75) is 65.8 Å². The van der Waals surface area contributed by atoms with E-state index in [4.69, 9.17) is 10.5 Å². The largest absolute Gasteiger partial charge is 0.383 e. The number of ether oxygens (including phenoxy) is 1. The highest BCUT2D eigenvalue weighted by Gasteiger charge is 2.26. The molecule has 2 rings (SSSR count). The average molecular weight is 478 g/mol. The lowest BCUT2D eigenvalue weighted by Gasteiger charge is -2.28. The van der Waals surface area contributed by atoms with E-state index in [0.717, 1.165) is 26.2 Å². The van der Waals surface area contributed by atoms with E-state index < -0.39 is 5.92 Å². The van der Waals surface area contributed by atoms with Crippen LogP contribution in [-0.4, -0.2) is 50.2 Å². The Kier molecular flexibility index (Phi) is 9.73. The van der Waals surface area contributed by atoms with Crippen LogP contribution in [0.4, 0.5) is 14.5 Å². The Morgan fingerprint density at radius 1 is 1.26 bits per heavy atom. The Balaban J connectivity index is 2.47. The molecule has 0 saturated carbocycles. The predicted octanol–water partition coefficient (Wildman–Crippen LogP) is 4.30. The van der Waals surface area contributed by atoms with E-state index in [2.05, 4.69) is 15.3 Å². The molecule has 1 heterocycles. The summed E-state index contributed by atoms with van der Waals surface area (Å²) < 4.78 is 33.0. The number of aryl methyl sites for hydroxylation is 1. The number of rotatable bonds is 9. The predicted molar refractivity (Wildman–Crippen MR) is 134 cm³/mol. The Morgan fingerprint density at radius 2 is 1.91 bits per heavy atom. The molecule has 7 nitrogen and oxygen atoms in total. The molecule has 1 fully saturated rings. The van der Waals surface area contributed by atoms with Gasteiger partial charge in [0.05, 0.1) is 5.71 Å². The van der Waals surface area contributed by atoms with Gasteiger partial charge in [0, 0.05) is 51.0 Å². The number of alkyl halides is 2. The van der Waals surface area contributed by atoms with E-state index in [1.165, 1.54) is 12.1 Å². The van der Waals surface area contributed by atoms with Crippen LogP contribution in [0.5, 0.6) is 0 Å². The first-order chi connectivity index (χ1) is 16.0. The summed E-state index contributed by atoms with van der Waals surface area (Å²) in [5.41, 5.74) is 9.12. The highest BCUT2D eigenvalue weighted by Crippen LogP contribution is 2.32. The molecule has 0 aromatic heterocycles. The normalized spacial score (nSPS) is 16.8. The number of halogens is 2. The van der Waals surface area contributed by atoms with E-state index >= 15 is 0 Å². The van der Waals surface area contributed by atoms with E-state index in [9.17, 15) is 13.6 Å². The highest BCUT2D eigenvalue weighted by molar-refractivity contribution is 6.38. The highest BCUT2D eigenvalue weighted by atomic mass is 19.3. The summed E-state index contributed by atoms with van der Waals surface area (Å²) in [7, 11) is 1.63. The van der Waals surface area contributed by atoms with Crippen molar-refractivity contribution < 1.29 is 18.3 Å². The van der Waals surface area contributed by atoms with Crippen LogP contribution in [0.2, 0.25) is 0 Å². The van der Waals surface area contributed by atoms with Gasteiger partial charge in [0.1, 0.15) is 17.2 Å². The second-order valence-electron chi connectivity index (χ2n) is 8.64. The molecule has 0 unspecified atom stereocenters. The van der Waals surface area contributed by atoms with Gasteiger partial charge in [0.15, 0.2) is 0 Å². The molecule has 1 amide bonds. The van der Waals surface area contributed by atoms with Crippen molar-refractivity contribution in [1.82, 2.24) is 5.32 Å². The molecule has 1 aliphatic heterocycles. The first-order valence-corrected chi connectivity index (χ1v) is 11.6. The van der Waals surface area contributed by atoms with Crippen molar-refractivity contribution in [2.24, 2.45) is 15.7 Å². The van der Waals surface area contributed by atoms with Crippen molar-refractivity contribution in [1.29, 1.82) is 0 Å². The Morgan fingerprint density at radius 3 is 2.44 bits per heavy atom. The maximum Gasteiger partial charge on any atom is 0.270 e. The summed E-state index contributed by atoms with van der Waals surface area (Å²) in [6.45, 7) is 9.84. The van der Waals surface area contributed by atoms with Crippen LogP contribution >= 0.6 is 0 Å². The smallest absolute Gasteiger partial charge is 0.270 e. The Bertz CT molecular complexity index is 961. The molecule has 188 valence electrons. The number of anilines is 1. The molecule has 0 atom stereocenters. The van der Waals surface area contributed by atoms with E-state index in [1.54, 1.807) is 33.9 Å². The van der Waals surface area contributed by atoms with Gasteiger partial charge in [-0.15, -0.1) is 0 Å². The quantitative estimate of drug-likeness (QED) is 0.519. The lowest BCUT2D eigenvalue weighted by atomic mass is 10.0. The van der Waals surface area contributed by atoms with Gasteiger partial charge in [-0.2, -0.15) is 0 Å². The molecule has 9 heteroatoms. The van der Waals surface area contributed by atoms with Crippen LogP contribution < -0.4 is 16.0 Å². The van der Waals surface area contributed by atoms with Gasteiger partial charge in [-0.3, -0.25) is 9.79 Å². The molecular weight excluding hydrogens is 440 g/mol. The van der Waals surface area contributed by atoms with Crippen molar-refractivity contribution in [3.05, 3.63) is 40.8 Å². The molecule has 1 aliphatic rings. The number of nitrogens with zero attached hydrogens (tertiary/aromatic N) is 3. The number of amides is 1. The molecule has 1 aromatic rings. The number of hydrogen-bond acceptors (Lipinski definition) is 6. The second-order valence-corrected chi connectivity index (χ2v) is 8.64. The number of benzene rings is 1. The van der Waals surface area contributed by atoms with Gasteiger partial charge in [0.25, 0.3) is 11.8 Å². The topological polar surface area (TPSA) is 92.3 Å². The average Bonchev–Trinajstić information content (AvgIpc) is 2.80. The van der Waals surface area contributed by atoms with Gasteiger partial charge >= 0.3 is 0 Å². The van der Waals surface area contributed by atoms with Crippen LogP contribution in [0, 0.1) is 6.92 Å². The van der Waals surface area contributed by atoms with E-state index in [0.29, 0.717) is 48.2 Å². The van der Waals surface area contributed by atoms with Crippen molar-refractivity contribution in [2.75, 3.05) is 31.7 Å². The first kappa shape index (κ1) is 27.4. The third-order valence-corrected chi connectivity index (χ3v) is 5.82. The SMILES string of the molecule is CCCN(/C(N)=C(\N=C(/C)C(=O)NC1CCOCC1)C(/C)=N\C)c1ccc(C(C)(F)F)cc1C. The fourth-order valence-corrected chi connectivity index (χ4v) is 3.73. The Hall–Kier alpha value is -2.81. The molecule has 0 bridgehead atoms. The monoisotopic (exact) mass is 477 g/mol. The molecule has 0 aliphatic carbocycles. The lowest BCUT2D eigenvalue weighted by Crippen LogP contribution is -2.41. The molecular formula is C25H37F2N5O2. The number of nitrogens with two attached hydrogens (primary N) is 1. The number of aliphatic imine (C=N–C) groups is 2. The summed E-state index contributed by atoms with van der Waals surface area (Å²) in [4.78, 5) is 23.4. The van der Waals surface area contributed by atoms with Crippen molar-refractivity contribution in [3.8, 4) is 0 Å². The van der Waals surface area contributed by atoms with E-state index in [1.807, 2.05) is 11.8 Å². The van der Waals surface area contributed by atoms with Crippen LogP contribution in [0.1, 0.15) is 58.1 Å². The minimum absolute atomic E-state index is 0.0477. The van der Waals surface area contributed by atoms with Gasteiger partial charge in [-0.1, -0.05) is 13.0 Å². The number of hydrogen-bond donors (Lipinski definition) is 2. The molecule has 0 spiro atoms. The summed E-state index contributed by atoms with van der Waals surface area (Å²) in [6, 6.07) is 4.58. The van der Waals surface area contributed by atoms with Crippen molar-refractivity contribution >= 4 is 23.0 Å². The first-order valence-electron chi connectivity index (χ1n) is 11.6. The third kappa shape index (κ3) is 7.09. The van der Waals surface area contributed by atoms with Gasteiger partial charge in [0.2, 0.25) is 0 Å². The summed E-state index contributed by atoms with van der Waals surface area (Å²) in [5.74, 6) is -2.90. The summed E-state index contributed by atoms with van der Waals surface area (Å²) >= 11 is 0. The number of allylic oxidation sites excluding steroid dienone is 1. The third-order valence-electron chi connectivity index (χ3n) is 5.82. The molecule has 1 aromatic carbocycles. The number of carbonyl (C=O) groups excluding carboxylic acids is 1. The second kappa shape index (κ2) is 12.1. The van der Waals surface area contributed by atoms with Crippen LogP contribution in [-0.2, 0) is 15.5 Å². The van der Waals surface area contributed by atoms with Crippen LogP contribution in [0.15, 0.2) is 39.7 Å². The molecule has 34 heavy (non-hydrogen) atoms. The van der Waals surface area contributed by atoms with Gasteiger partial charge in [-0.05, 0) is 57.7 Å². The van der Waals surface area contributed by atoms with Crippen molar-refractivity contribution in [3.63, 3.8) is 0 Å². The maximum absolute atomic E-state index is 13.8. The maximum atomic E-state index is 13.8. The molecule has 0 radical (unpaired) electrons. The fraction of sp³-hybridized carbons (Fsp3) is 0.560. The fourth-order valence-electron chi connectivity index (χ4n) is 3.73. The van der Waals surface area contributed by atoms with Gasteiger partial charge in [-0.25, -0.2) is 13.8 Å². The standard InChI is InChI=1S/C25H37F2N5O2/c1-7-12-32(21-9-8-19(15-16(21)2)25(5,26)27)23(28)22(17(3)29-6)30-18(4)24(33)31-20-10-13-34-14-11-20/h8-9,15,20H,7,10-14,28H2,1-6H3,(H,31,33)/b23-22-,29-17-,30-18+. The zero-order valence-corrected chi connectivity index (χ0v) is 21.0. The van der Waals surface area contributed by atoms with Crippen LogP contribution in [0.25, 0.3) is 0 Å². The summed E-state index contributed by atoms with van der Waals surface area (Å²) in [5, 5.41) is 3.00. The van der Waals surface area contributed by atoms with Crippen LogP contribution in [0.3, 0.4) is 0 Å². The van der Waals surface area contributed by atoms with E-state index in [-0.39, 0.29) is 23.2 Å². The zero-order valence-electron chi connectivity index (χ0n) is 21.0. The lowest BCUT2D eigenvalue weighted by molar-refractivity contribution is -0.116. The molecule has 3 N–H and O–H groups in total. The zero-order chi connectivity index (χ0) is 25.5.